The summed E-state index contributed by atoms with van der Waals surface area (Å²) in [5.41, 5.74) is 6.06. The van der Waals surface area contributed by atoms with E-state index < -0.39 is 0 Å². The molecule has 26 heavy (non-hydrogen) atoms. The SMILES string of the molecule is Brc1ccc(Cn2c3ccc(Br)cc3c3nc4ccccc4nc32)cc1. The molecule has 5 rings (SSSR count). The molecule has 0 saturated heterocycles. The van der Waals surface area contributed by atoms with Gasteiger partial charge in [0.1, 0.15) is 5.52 Å². The van der Waals surface area contributed by atoms with Crippen LogP contribution in [0.1, 0.15) is 5.56 Å². The molecule has 0 radical (unpaired) electrons. The van der Waals surface area contributed by atoms with Gasteiger partial charge in [0.2, 0.25) is 0 Å². The molecule has 0 amide bonds. The van der Waals surface area contributed by atoms with Crippen molar-refractivity contribution in [1.82, 2.24) is 14.5 Å². The average Bonchev–Trinajstić information content (AvgIpc) is 2.94. The number of hydrogen-bond donors (Lipinski definition) is 0. The highest BCUT2D eigenvalue weighted by atomic mass is 79.9. The van der Waals surface area contributed by atoms with Gasteiger partial charge >= 0.3 is 0 Å². The Kier molecular flexibility index (Phi) is 3.80. The molecular weight excluding hydrogens is 454 g/mol. The molecule has 5 heteroatoms. The fourth-order valence-electron chi connectivity index (χ4n) is 3.34. The molecule has 0 aliphatic carbocycles. The maximum Gasteiger partial charge on any atom is 0.160 e. The van der Waals surface area contributed by atoms with Crippen molar-refractivity contribution < 1.29 is 0 Å². The Morgan fingerprint density at radius 2 is 1.46 bits per heavy atom. The molecule has 126 valence electrons. The second-order valence-electron chi connectivity index (χ2n) is 6.26. The van der Waals surface area contributed by atoms with E-state index in [1.165, 1.54) is 5.56 Å². The maximum atomic E-state index is 4.93. The fraction of sp³-hybridized carbons (Fsp3) is 0.0476. The molecule has 2 heterocycles. The number of benzene rings is 3. The van der Waals surface area contributed by atoms with Crippen LogP contribution in [0.5, 0.6) is 0 Å². The van der Waals surface area contributed by atoms with E-state index in [2.05, 4.69) is 78.9 Å². The number of aromatic nitrogens is 3. The van der Waals surface area contributed by atoms with E-state index in [0.717, 1.165) is 48.6 Å². The van der Waals surface area contributed by atoms with Crippen molar-refractivity contribution in [1.29, 1.82) is 0 Å². The van der Waals surface area contributed by atoms with E-state index in [-0.39, 0.29) is 0 Å². The lowest BCUT2D eigenvalue weighted by Gasteiger charge is -2.07. The summed E-state index contributed by atoms with van der Waals surface area (Å²) in [6.07, 6.45) is 0. The standard InChI is InChI=1S/C21H13Br2N3/c22-14-7-5-13(6-8-14)12-26-19-10-9-15(23)11-16(19)20-21(26)25-18-4-2-1-3-17(18)24-20/h1-11H,12H2. The van der Waals surface area contributed by atoms with Crippen LogP contribution in [0.4, 0.5) is 0 Å². The highest BCUT2D eigenvalue weighted by Gasteiger charge is 2.15. The Bertz CT molecular complexity index is 1270. The highest BCUT2D eigenvalue weighted by molar-refractivity contribution is 9.10. The first-order valence-corrected chi connectivity index (χ1v) is 9.86. The lowest BCUT2D eigenvalue weighted by molar-refractivity contribution is 0.857. The van der Waals surface area contributed by atoms with Gasteiger partial charge in [-0.2, -0.15) is 0 Å². The summed E-state index contributed by atoms with van der Waals surface area (Å²) in [6.45, 7) is 0.752. The van der Waals surface area contributed by atoms with Crippen LogP contribution in [0.2, 0.25) is 0 Å². The predicted molar refractivity (Wildman–Crippen MR) is 113 cm³/mol. The summed E-state index contributed by atoms with van der Waals surface area (Å²) in [5, 5.41) is 1.12. The van der Waals surface area contributed by atoms with Gasteiger partial charge in [0.25, 0.3) is 0 Å². The summed E-state index contributed by atoms with van der Waals surface area (Å²) >= 11 is 7.09. The van der Waals surface area contributed by atoms with Crippen LogP contribution in [-0.2, 0) is 6.54 Å². The van der Waals surface area contributed by atoms with Crippen LogP contribution in [-0.4, -0.2) is 14.5 Å². The van der Waals surface area contributed by atoms with Crippen molar-refractivity contribution in [3.8, 4) is 0 Å². The third-order valence-electron chi connectivity index (χ3n) is 4.57. The molecule has 0 unspecified atom stereocenters. The third kappa shape index (κ3) is 2.63. The number of halogens is 2. The van der Waals surface area contributed by atoms with Crippen molar-refractivity contribution in [3.63, 3.8) is 0 Å². The van der Waals surface area contributed by atoms with E-state index in [0.29, 0.717) is 0 Å². The third-order valence-corrected chi connectivity index (χ3v) is 5.59. The van der Waals surface area contributed by atoms with Gasteiger partial charge in [0, 0.05) is 20.9 Å². The second-order valence-corrected chi connectivity index (χ2v) is 8.09. The van der Waals surface area contributed by atoms with Crippen molar-refractivity contribution in [2.24, 2.45) is 0 Å². The van der Waals surface area contributed by atoms with Gasteiger partial charge in [0.15, 0.2) is 5.65 Å². The number of nitrogens with zero attached hydrogens (tertiary/aromatic N) is 3. The Morgan fingerprint density at radius 1 is 0.769 bits per heavy atom. The summed E-state index contributed by atoms with van der Waals surface area (Å²) < 4.78 is 4.38. The molecule has 0 bridgehead atoms. The monoisotopic (exact) mass is 465 g/mol. The van der Waals surface area contributed by atoms with Gasteiger partial charge in [-0.05, 0) is 48.0 Å². The Morgan fingerprint density at radius 3 is 2.23 bits per heavy atom. The van der Waals surface area contributed by atoms with Gasteiger partial charge < -0.3 is 4.57 Å². The Labute approximate surface area is 166 Å². The lowest BCUT2D eigenvalue weighted by atomic mass is 10.2. The molecule has 0 spiro atoms. The molecular formula is C21H13Br2N3. The summed E-state index contributed by atoms with van der Waals surface area (Å²) in [4.78, 5) is 9.85. The van der Waals surface area contributed by atoms with Gasteiger partial charge in [-0.3, -0.25) is 0 Å². The maximum absolute atomic E-state index is 4.93. The first-order valence-electron chi connectivity index (χ1n) is 8.28. The van der Waals surface area contributed by atoms with Crippen molar-refractivity contribution in [2.45, 2.75) is 6.54 Å². The molecule has 2 aromatic heterocycles. The quantitative estimate of drug-likeness (QED) is 0.305. The number of rotatable bonds is 2. The van der Waals surface area contributed by atoms with Crippen LogP contribution >= 0.6 is 31.9 Å². The van der Waals surface area contributed by atoms with E-state index in [4.69, 9.17) is 9.97 Å². The highest BCUT2D eigenvalue weighted by Crippen LogP contribution is 2.31. The van der Waals surface area contributed by atoms with E-state index in [9.17, 15) is 0 Å². The minimum absolute atomic E-state index is 0.752. The average molecular weight is 467 g/mol. The molecule has 5 aromatic rings. The predicted octanol–water partition coefficient (Wildman–Crippen LogP) is 6.31. The topological polar surface area (TPSA) is 30.7 Å². The lowest BCUT2D eigenvalue weighted by Crippen LogP contribution is -2.01. The molecule has 0 saturated carbocycles. The minimum Gasteiger partial charge on any atom is -0.319 e. The number of hydrogen-bond acceptors (Lipinski definition) is 2. The van der Waals surface area contributed by atoms with Gasteiger partial charge in [-0.1, -0.05) is 56.1 Å². The van der Waals surface area contributed by atoms with Crippen LogP contribution in [0.3, 0.4) is 0 Å². The normalized spacial score (nSPS) is 11.6. The molecule has 3 aromatic carbocycles. The minimum atomic E-state index is 0.752. The zero-order valence-corrected chi connectivity index (χ0v) is 16.8. The van der Waals surface area contributed by atoms with Crippen LogP contribution in [0.15, 0.2) is 75.7 Å². The van der Waals surface area contributed by atoms with Gasteiger partial charge in [-0.15, -0.1) is 0 Å². The smallest absolute Gasteiger partial charge is 0.160 e. The Balaban J connectivity index is 1.83. The second kappa shape index (κ2) is 6.18. The zero-order valence-electron chi connectivity index (χ0n) is 13.7. The van der Waals surface area contributed by atoms with Gasteiger partial charge in [-0.25, -0.2) is 9.97 Å². The van der Waals surface area contributed by atoms with Crippen LogP contribution in [0, 0.1) is 0 Å². The Hall–Kier alpha value is -2.24. The first-order chi connectivity index (χ1) is 12.7. The molecule has 3 nitrogen and oxygen atoms in total. The van der Waals surface area contributed by atoms with E-state index in [1.807, 2.05) is 24.3 Å². The fourth-order valence-corrected chi connectivity index (χ4v) is 3.96. The molecule has 0 aliphatic heterocycles. The van der Waals surface area contributed by atoms with Crippen LogP contribution in [0.25, 0.3) is 33.1 Å². The van der Waals surface area contributed by atoms with Crippen molar-refractivity contribution in [2.75, 3.05) is 0 Å². The van der Waals surface area contributed by atoms with E-state index in [1.54, 1.807) is 0 Å². The number of fused-ring (bicyclic) bond motifs is 4. The van der Waals surface area contributed by atoms with Crippen LogP contribution < -0.4 is 0 Å². The molecule has 0 N–H and O–H groups in total. The molecule has 0 aliphatic rings. The summed E-state index contributed by atoms with van der Waals surface area (Å²) in [6, 6.07) is 22.8. The zero-order chi connectivity index (χ0) is 17.7. The summed E-state index contributed by atoms with van der Waals surface area (Å²) in [7, 11) is 0. The van der Waals surface area contributed by atoms with Gasteiger partial charge in [0.05, 0.1) is 16.6 Å². The number of para-hydroxylation sites is 2. The molecule has 0 atom stereocenters. The summed E-state index contributed by atoms with van der Waals surface area (Å²) in [5.74, 6) is 0. The van der Waals surface area contributed by atoms with E-state index >= 15 is 0 Å². The molecule has 0 fully saturated rings. The largest absolute Gasteiger partial charge is 0.319 e. The first kappa shape index (κ1) is 16.0. The van der Waals surface area contributed by atoms with Crippen molar-refractivity contribution in [3.05, 3.63) is 81.2 Å². The van der Waals surface area contributed by atoms with Crippen molar-refractivity contribution >= 4 is 65.0 Å².